The van der Waals surface area contributed by atoms with E-state index in [4.69, 9.17) is 5.73 Å². The average molecular weight is 256 g/mol. The van der Waals surface area contributed by atoms with Crippen molar-refractivity contribution in [2.24, 2.45) is 0 Å². The van der Waals surface area contributed by atoms with Gasteiger partial charge in [0, 0.05) is 11.8 Å². The minimum absolute atomic E-state index is 0.0429. The van der Waals surface area contributed by atoms with E-state index in [2.05, 4.69) is 5.32 Å². The lowest BCUT2D eigenvalue weighted by Gasteiger charge is -2.11. The van der Waals surface area contributed by atoms with E-state index in [0.29, 0.717) is 0 Å². The maximum atomic E-state index is 13.4. The molecule has 0 fully saturated rings. The largest absolute Gasteiger partial charge is 0.397 e. The van der Waals surface area contributed by atoms with E-state index in [1.54, 1.807) is 0 Å². The average Bonchev–Trinajstić information content (AvgIpc) is 2.34. The quantitative estimate of drug-likeness (QED) is 0.636. The molecule has 18 heavy (non-hydrogen) atoms. The monoisotopic (exact) mass is 256 g/mol. The summed E-state index contributed by atoms with van der Waals surface area (Å²) in [7, 11) is 0. The predicted octanol–water partition coefficient (Wildman–Crippen LogP) is 3.57. The third-order valence-electron chi connectivity index (χ3n) is 2.32. The van der Waals surface area contributed by atoms with Gasteiger partial charge in [0.2, 0.25) is 0 Å². The zero-order chi connectivity index (χ0) is 13.3. The third-order valence-corrected chi connectivity index (χ3v) is 2.32. The third kappa shape index (κ3) is 2.22. The zero-order valence-corrected chi connectivity index (χ0v) is 8.98. The van der Waals surface area contributed by atoms with Crippen LogP contribution in [0.2, 0.25) is 0 Å². The molecule has 0 amide bonds. The van der Waals surface area contributed by atoms with Crippen LogP contribution < -0.4 is 11.1 Å². The number of nitrogens with two attached hydrogens (primary N) is 1. The van der Waals surface area contributed by atoms with E-state index in [1.165, 1.54) is 12.1 Å². The molecule has 0 aliphatic heterocycles. The molecule has 0 aliphatic rings. The Hall–Kier alpha value is -2.24. The molecule has 0 unspecified atom stereocenters. The lowest BCUT2D eigenvalue weighted by molar-refractivity contribution is 0.508. The number of hydrogen-bond donors (Lipinski definition) is 2. The summed E-state index contributed by atoms with van der Waals surface area (Å²) in [6.07, 6.45) is 0. The summed E-state index contributed by atoms with van der Waals surface area (Å²) in [5.74, 6) is -4.40. The van der Waals surface area contributed by atoms with Crippen LogP contribution in [0.1, 0.15) is 0 Å². The fraction of sp³-hybridized carbons (Fsp3) is 0. The van der Waals surface area contributed by atoms with Gasteiger partial charge in [-0.3, -0.25) is 0 Å². The molecule has 2 aromatic rings. The smallest absolute Gasteiger partial charge is 0.184 e. The standard InChI is InChI=1S/C12H8F4N2/c13-7-2-1-6(5-9(7)15)18-12-10(17)4-3-8(14)11(12)16/h1-5,18H,17H2. The van der Waals surface area contributed by atoms with Crippen molar-refractivity contribution >= 4 is 17.1 Å². The maximum Gasteiger partial charge on any atom is 0.184 e. The number of hydrogen-bond acceptors (Lipinski definition) is 2. The minimum atomic E-state index is -1.18. The first-order chi connectivity index (χ1) is 8.49. The topological polar surface area (TPSA) is 38.0 Å². The summed E-state index contributed by atoms with van der Waals surface area (Å²) >= 11 is 0. The Morgan fingerprint density at radius 3 is 2.17 bits per heavy atom. The number of halogens is 4. The molecule has 0 atom stereocenters. The molecule has 6 heteroatoms. The van der Waals surface area contributed by atoms with Crippen LogP contribution in [0.4, 0.5) is 34.6 Å². The molecule has 2 aromatic carbocycles. The van der Waals surface area contributed by atoms with Crippen molar-refractivity contribution in [1.29, 1.82) is 0 Å². The predicted molar refractivity (Wildman–Crippen MR) is 60.4 cm³/mol. The Kier molecular flexibility index (Phi) is 3.10. The fourth-order valence-corrected chi connectivity index (χ4v) is 1.41. The van der Waals surface area contributed by atoms with E-state index < -0.39 is 23.3 Å². The molecule has 2 nitrogen and oxygen atoms in total. The number of nitrogen functional groups attached to an aromatic ring is 1. The molecule has 0 aromatic heterocycles. The molecule has 0 bridgehead atoms. The number of anilines is 3. The van der Waals surface area contributed by atoms with Crippen molar-refractivity contribution in [3.8, 4) is 0 Å². The highest BCUT2D eigenvalue weighted by Crippen LogP contribution is 2.28. The second-order valence-corrected chi connectivity index (χ2v) is 3.58. The molecule has 0 aliphatic carbocycles. The van der Waals surface area contributed by atoms with Crippen LogP contribution in [0, 0.1) is 23.3 Å². The van der Waals surface area contributed by atoms with Gasteiger partial charge in [0.15, 0.2) is 23.3 Å². The Morgan fingerprint density at radius 1 is 0.833 bits per heavy atom. The molecular formula is C12H8F4N2. The SMILES string of the molecule is Nc1ccc(F)c(F)c1Nc1ccc(F)c(F)c1. The summed E-state index contributed by atoms with van der Waals surface area (Å²) in [6.45, 7) is 0. The highest BCUT2D eigenvalue weighted by atomic mass is 19.2. The van der Waals surface area contributed by atoms with Gasteiger partial charge in [-0.15, -0.1) is 0 Å². The van der Waals surface area contributed by atoms with E-state index in [1.807, 2.05) is 0 Å². The molecular weight excluding hydrogens is 248 g/mol. The summed E-state index contributed by atoms with van der Waals surface area (Å²) in [4.78, 5) is 0. The minimum Gasteiger partial charge on any atom is -0.397 e. The van der Waals surface area contributed by atoms with E-state index >= 15 is 0 Å². The molecule has 0 saturated heterocycles. The Labute approximate surface area is 100 Å². The molecule has 0 saturated carbocycles. The molecule has 94 valence electrons. The van der Waals surface area contributed by atoms with E-state index in [0.717, 1.165) is 18.2 Å². The second kappa shape index (κ2) is 4.56. The van der Waals surface area contributed by atoms with Gasteiger partial charge in [0.05, 0.1) is 5.69 Å². The van der Waals surface area contributed by atoms with Crippen LogP contribution in [0.3, 0.4) is 0 Å². The van der Waals surface area contributed by atoms with Gasteiger partial charge in [0.1, 0.15) is 5.69 Å². The van der Waals surface area contributed by atoms with Crippen molar-refractivity contribution in [3.05, 3.63) is 53.6 Å². The first-order valence-corrected chi connectivity index (χ1v) is 4.94. The number of nitrogens with one attached hydrogen (secondary N) is 1. The highest BCUT2D eigenvalue weighted by molar-refractivity contribution is 5.73. The fourth-order valence-electron chi connectivity index (χ4n) is 1.41. The van der Waals surface area contributed by atoms with Crippen molar-refractivity contribution in [3.63, 3.8) is 0 Å². The number of benzene rings is 2. The van der Waals surface area contributed by atoms with Gasteiger partial charge >= 0.3 is 0 Å². The first-order valence-electron chi connectivity index (χ1n) is 4.94. The van der Waals surface area contributed by atoms with Gasteiger partial charge in [-0.2, -0.15) is 0 Å². The Balaban J connectivity index is 2.39. The lowest BCUT2D eigenvalue weighted by Crippen LogP contribution is -2.02. The number of rotatable bonds is 2. The summed E-state index contributed by atoms with van der Waals surface area (Å²) in [6, 6.07) is 4.91. The van der Waals surface area contributed by atoms with Crippen LogP contribution in [-0.4, -0.2) is 0 Å². The van der Waals surface area contributed by atoms with Gasteiger partial charge in [-0.25, -0.2) is 17.6 Å². The molecule has 0 spiro atoms. The Morgan fingerprint density at radius 2 is 1.50 bits per heavy atom. The summed E-state index contributed by atoms with van der Waals surface area (Å²) in [5.41, 5.74) is 5.17. The summed E-state index contributed by atoms with van der Waals surface area (Å²) in [5, 5.41) is 2.40. The van der Waals surface area contributed by atoms with Crippen molar-refractivity contribution in [2.75, 3.05) is 11.1 Å². The summed E-state index contributed by atoms with van der Waals surface area (Å²) < 4.78 is 52.1. The highest BCUT2D eigenvalue weighted by Gasteiger charge is 2.12. The van der Waals surface area contributed by atoms with Crippen LogP contribution >= 0.6 is 0 Å². The maximum absolute atomic E-state index is 13.4. The van der Waals surface area contributed by atoms with Gasteiger partial charge in [-0.05, 0) is 24.3 Å². The van der Waals surface area contributed by atoms with Crippen LogP contribution in [0.25, 0.3) is 0 Å². The molecule has 3 N–H and O–H groups in total. The molecule has 0 radical (unpaired) electrons. The van der Waals surface area contributed by atoms with Crippen LogP contribution in [-0.2, 0) is 0 Å². The van der Waals surface area contributed by atoms with Gasteiger partial charge < -0.3 is 11.1 Å². The van der Waals surface area contributed by atoms with Gasteiger partial charge in [0.25, 0.3) is 0 Å². The van der Waals surface area contributed by atoms with Crippen LogP contribution in [0.5, 0.6) is 0 Å². The van der Waals surface area contributed by atoms with Crippen molar-refractivity contribution in [2.45, 2.75) is 0 Å². The van der Waals surface area contributed by atoms with E-state index in [-0.39, 0.29) is 17.1 Å². The Bertz CT molecular complexity index is 599. The van der Waals surface area contributed by atoms with Crippen molar-refractivity contribution < 1.29 is 17.6 Å². The lowest BCUT2D eigenvalue weighted by atomic mass is 10.2. The van der Waals surface area contributed by atoms with Crippen LogP contribution in [0.15, 0.2) is 30.3 Å². The van der Waals surface area contributed by atoms with Gasteiger partial charge in [-0.1, -0.05) is 0 Å². The normalized spacial score (nSPS) is 10.4. The molecule has 0 heterocycles. The second-order valence-electron chi connectivity index (χ2n) is 3.58. The zero-order valence-electron chi connectivity index (χ0n) is 8.98. The first kappa shape index (κ1) is 12.2. The van der Waals surface area contributed by atoms with E-state index in [9.17, 15) is 17.6 Å². The molecule has 2 rings (SSSR count). The van der Waals surface area contributed by atoms with Crippen molar-refractivity contribution in [1.82, 2.24) is 0 Å².